The maximum atomic E-state index is 8.47. The van der Waals surface area contributed by atoms with E-state index in [1.54, 1.807) is 0 Å². The summed E-state index contributed by atoms with van der Waals surface area (Å²) in [6.07, 6.45) is 6.23. The van der Waals surface area contributed by atoms with Gasteiger partial charge < -0.3 is 14.6 Å². The van der Waals surface area contributed by atoms with Crippen LogP contribution in [0, 0.1) is 5.41 Å². The Hall–Kier alpha value is -0.610. The standard InChI is InChI=1S/C9H17NO3/c10-9(6-11)13-7-12-8-4-2-1-3-5-8/h8,10-11H,1-7H2. The number of aliphatic hydroxyl groups is 1. The number of rotatable bonds is 4. The molecule has 0 bridgehead atoms. The predicted molar refractivity (Wildman–Crippen MR) is 48.7 cm³/mol. The van der Waals surface area contributed by atoms with E-state index in [1.807, 2.05) is 0 Å². The zero-order valence-electron chi connectivity index (χ0n) is 7.79. The third kappa shape index (κ3) is 4.24. The summed E-state index contributed by atoms with van der Waals surface area (Å²) in [6.45, 7) is -0.252. The first-order valence-electron chi connectivity index (χ1n) is 4.75. The Morgan fingerprint density at radius 2 is 2.00 bits per heavy atom. The van der Waals surface area contributed by atoms with Crippen molar-refractivity contribution in [3.05, 3.63) is 0 Å². The summed E-state index contributed by atoms with van der Waals surface area (Å²) in [4.78, 5) is 0. The topological polar surface area (TPSA) is 62.5 Å². The molecule has 76 valence electrons. The molecule has 0 radical (unpaired) electrons. The van der Waals surface area contributed by atoms with Gasteiger partial charge in [0.1, 0.15) is 6.61 Å². The molecule has 0 amide bonds. The summed E-state index contributed by atoms with van der Waals surface area (Å²) in [7, 11) is 0. The van der Waals surface area contributed by atoms with E-state index in [9.17, 15) is 0 Å². The van der Waals surface area contributed by atoms with Gasteiger partial charge >= 0.3 is 0 Å². The van der Waals surface area contributed by atoms with Crippen molar-refractivity contribution in [2.75, 3.05) is 13.4 Å². The van der Waals surface area contributed by atoms with Crippen LogP contribution in [-0.2, 0) is 9.47 Å². The average Bonchev–Trinajstić information content (AvgIpc) is 2.19. The highest BCUT2D eigenvalue weighted by molar-refractivity contribution is 5.73. The largest absolute Gasteiger partial charge is 0.452 e. The molecule has 0 spiro atoms. The zero-order valence-corrected chi connectivity index (χ0v) is 7.79. The molecular weight excluding hydrogens is 170 g/mol. The molecule has 1 fully saturated rings. The quantitative estimate of drug-likeness (QED) is 0.396. The van der Waals surface area contributed by atoms with E-state index in [0.717, 1.165) is 12.8 Å². The first-order chi connectivity index (χ1) is 6.33. The van der Waals surface area contributed by atoms with Crippen LogP contribution in [0.5, 0.6) is 0 Å². The van der Waals surface area contributed by atoms with E-state index in [0.29, 0.717) is 6.10 Å². The van der Waals surface area contributed by atoms with Crippen LogP contribution in [0.1, 0.15) is 32.1 Å². The van der Waals surface area contributed by atoms with Gasteiger partial charge in [0.05, 0.1) is 6.10 Å². The van der Waals surface area contributed by atoms with E-state index in [1.165, 1.54) is 19.3 Å². The van der Waals surface area contributed by atoms with Crippen LogP contribution in [0.2, 0.25) is 0 Å². The Balaban J connectivity index is 2.01. The van der Waals surface area contributed by atoms with E-state index >= 15 is 0 Å². The molecule has 1 rings (SSSR count). The lowest BCUT2D eigenvalue weighted by molar-refractivity contribution is -0.0580. The Morgan fingerprint density at radius 1 is 1.31 bits per heavy atom. The third-order valence-corrected chi connectivity index (χ3v) is 2.23. The minimum absolute atomic E-state index is 0.101. The molecule has 0 aromatic heterocycles. The normalized spacial score (nSPS) is 18.5. The Labute approximate surface area is 78.4 Å². The van der Waals surface area contributed by atoms with Crippen LogP contribution in [0.3, 0.4) is 0 Å². The van der Waals surface area contributed by atoms with Crippen LogP contribution in [0.25, 0.3) is 0 Å². The second kappa shape index (κ2) is 5.94. The van der Waals surface area contributed by atoms with Crippen LogP contribution in [0.4, 0.5) is 0 Å². The van der Waals surface area contributed by atoms with Crippen molar-refractivity contribution in [3.63, 3.8) is 0 Å². The molecule has 0 unspecified atom stereocenters. The fourth-order valence-electron chi connectivity index (χ4n) is 1.48. The van der Waals surface area contributed by atoms with Gasteiger partial charge in [0.15, 0.2) is 6.79 Å². The van der Waals surface area contributed by atoms with Crippen LogP contribution >= 0.6 is 0 Å². The van der Waals surface area contributed by atoms with Gasteiger partial charge in [-0.15, -0.1) is 0 Å². The van der Waals surface area contributed by atoms with E-state index < -0.39 is 0 Å². The summed E-state index contributed by atoms with van der Waals surface area (Å²) in [5.74, 6) is -0.129. The molecular formula is C9H17NO3. The van der Waals surface area contributed by atoms with Crippen molar-refractivity contribution < 1.29 is 14.6 Å². The van der Waals surface area contributed by atoms with Crippen LogP contribution < -0.4 is 0 Å². The Morgan fingerprint density at radius 3 is 2.62 bits per heavy atom. The average molecular weight is 187 g/mol. The molecule has 1 saturated carbocycles. The number of nitrogens with one attached hydrogen (secondary N) is 1. The molecule has 1 aliphatic carbocycles. The second-order valence-electron chi connectivity index (χ2n) is 3.27. The SMILES string of the molecule is N=C(CO)OCOC1CCCCC1. The van der Waals surface area contributed by atoms with Crippen molar-refractivity contribution >= 4 is 5.90 Å². The van der Waals surface area contributed by atoms with Crippen molar-refractivity contribution in [2.45, 2.75) is 38.2 Å². The highest BCUT2D eigenvalue weighted by atomic mass is 16.7. The number of ether oxygens (including phenoxy) is 2. The molecule has 0 atom stereocenters. The van der Waals surface area contributed by atoms with Crippen molar-refractivity contribution in [2.24, 2.45) is 0 Å². The summed E-state index contributed by atoms with van der Waals surface area (Å²) in [6, 6.07) is 0. The van der Waals surface area contributed by atoms with Gasteiger partial charge in [-0.3, -0.25) is 5.41 Å². The smallest absolute Gasteiger partial charge is 0.209 e. The number of aliphatic hydroxyl groups excluding tert-OH is 1. The highest BCUT2D eigenvalue weighted by Gasteiger charge is 2.13. The molecule has 2 N–H and O–H groups in total. The second-order valence-corrected chi connectivity index (χ2v) is 3.27. The minimum atomic E-state index is -0.353. The maximum absolute atomic E-state index is 8.47. The van der Waals surface area contributed by atoms with Crippen molar-refractivity contribution in [1.82, 2.24) is 0 Å². The highest BCUT2D eigenvalue weighted by Crippen LogP contribution is 2.19. The molecule has 0 aromatic carbocycles. The summed E-state index contributed by atoms with van der Waals surface area (Å²) in [5.41, 5.74) is 0. The van der Waals surface area contributed by atoms with Crippen molar-refractivity contribution in [3.8, 4) is 0 Å². The van der Waals surface area contributed by atoms with Gasteiger partial charge in [0.2, 0.25) is 5.90 Å². The molecule has 4 nitrogen and oxygen atoms in total. The molecule has 0 aromatic rings. The lowest BCUT2D eigenvalue weighted by Gasteiger charge is -2.21. The third-order valence-electron chi connectivity index (χ3n) is 2.23. The molecule has 4 heteroatoms. The minimum Gasteiger partial charge on any atom is -0.452 e. The van der Waals surface area contributed by atoms with Gasteiger partial charge in [-0.05, 0) is 12.8 Å². The molecule has 13 heavy (non-hydrogen) atoms. The van der Waals surface area contributed by atoms with Crippen LogP contribution in [-0.4, -0.2) is 30.5 Å². The van der Waals surface area contributed by atoms with Gasteiger partial charge in [-0.1, -0.05) is 19.3 Å². The first-order valence-corrected chi connectivity index (χ1v) is 4.75. The van der Waals surface area contributed by atoms with E-state index in [-0.39, 0.29) is 19.3 Å². The van der Waals surface area contributed by atoms with Gasteiger partial charge in [-0.2, -0.15) is 0 Å². The van der Waals surface area contributed by atoms with E-state index in [4.69, 9.17) is 20.0 Å². The molecule has 0 heterocycles. The lowest BCUT2D eigenvalue weighted by atomic mass is 9.98. The van der Waals surface area contributed by atoms with E-state index in [2.05, 4.69) is 0 Å². The van der Waals surface area contributed by atoms with Gasteiger partial charge in [0.25, 0.3) is 0 Å². The predicted octanol–water partition coefficient (Wildman–Crippen LogP) is 1.28. The number of hydrogen-bond donors (Lipinski definition) is 2. The molecule has 1 aliphatic rings. The maximum Gasteiger partial charge on any atom is 0.209 e. The van der Waals surface area contributed by atoms with Gasteiger partial charge in [0, 0.05) is 0 Å². The van der Waals surface area contributed by atoms with Gasteiger partial charge in [-0.25, -0.2) is 0 Å². The summed E-state index contributed by atoms with van der Waals surface area (Å²) >= 11 is 0. The Bertz CT molecular complexity index is 155. The van der Waals surface area contributed by atoms with Crippen LogP contribution in [0.15, 0.2) is 0 Å². The summed E-state index contributed by atoms with van der Waals surface area (Å²) in [5, 5.41) is 15.5. The lowest BCUT2D eigenvalue weighted by Crippen LogP contribution is -2.20. The fraction of sp³-hybridized carbons (Fsp3) is 0.889. The first kappa shape index (κ1) is 10.5. The van der Waals surface area contributed by atoms with Crippen molar-refractivity contribution in [1.29, 1.82) is 5.41 Å². The number of hydrogen-bond acceptors (Lipinski definition) is 4. The molecule has 0 saturated heterocycles. The zero-order chi connectivity index (χ0) is 9.52. The molecule has 0 aliphatic heterocycles. The summed E-state index contributed by atoms with van der Waals surface area (Å²) < 4.78 is 10.2. The monoisotopic (exact) mass is 187 g/mol. The Kier molecular flexibility index (Phi) is 4.78. The fourth-order valence-corrected chi connectivity index (χ4v) is 1.48.